The van der Waals surface area contributed by atoms with E-state index in [1.165, 1.54) is 0 Å². The van der Waals surface area contributed by atoms with Crippen molar-refractivity contribution in [2.75, 3.05) is 0 Å². The summed E-state index contributed by atoms with van der Waals surface area (Å²) in [4.78, 5) is 10.2. The predicted octanol–water partition coefficient (Wildman–Crippen LogP) is 1.30. The predicted molar refractivity (Wildman–Crippen MR) is 45.9 cm³/mol. The highest BCUT2D eigenvalue weighted by Crippen LogP contribution is 2.12. The first kappa shape index (κ1) is 7.03. The molecule has 0 bridgehead atoms. The van der Waals surface area contributed by atoms with E-state index in [2.05, 4.69) is 10.2 Å². The number of rotatable bonds is 2. The van der Waals surface area contributed by atoms with Crippen molar-refractivity contribution in [3.8, 4) is 0 Å². The van der Waals surface area contributed by atoms with Crippen LogP contribution in [0.4, 0.5) is 0 Å². The van der Waals surface area contributed by atoms with E-state index >= 15 is 0 Å². The second kappa shape index (κ2) is 2.77. The normalized spacial score (nSPS) is 10.3. The van der Waals surface area contributed by atoms with Gasteiger partial charge in [0.15, 0.2) is 0 Å². The number of carbonyl (C=O) groups is 1. The van der Waals surface area contributed by atoms with Gasteiger partial charge < -0.3 is 4.79 Å². The monoisotopic (exact) mass is 160 g/mol. The number of carbonyl (C=O) groups excluding carboxylic acids is 1. The summed E-state index contributed by atoms with van der Waals surface area (Å²) < 4.78 is 0. The number of nitrogens with zero attached hydrogens (tertiary/aromatic N) is 1. The summed E-state index contributed by atoms with van der Waals surface area (Å²) in [6.45, 7) is 0. The van der Waals surface area contributed by atoms with Crippen molar-refractivity contribution < 1.29 is 4.79 Å². The highest BCUT2D eigenvalue weighted by atomic mass is 16.1. The Morgan fingerprint density at radius 3 is 3.25 bits per heavy atom. The maximum Gasteiger partial charge on any atom is 0.124 e. The minimum absolute atomic E-state index is 0.473. The Kier molecular flexibility index (Phi) is 1.63. The summed E-state index contributed by atoms with van der Waals surface area (Å²) >= 11 is 0. The molecule has 0 saturated heterocycles. The van der Waals surface area contributed by atoms with Crippen molar-refractivity contribution in [3.05, 3.63) is 30.0 Å². The fraction of sp³-hybridized carbons (Fsp3) is 0.111. The maximum absolute atomic E-state index is 10.2. The van der Waals surface area contributed by atoms with Crippen molar-refractivity contribution in [3.63, 3.8) is 0 Å². The van der Waals surface area contributed by atoms with Crippen molar-refractivity contribution >= 4 is 17.2 Å². The number of benzene rings is 1. The molecule has 0 spiro atoms. The summed E-state index contributed by atoms with van der Waals surface area (Å²) in [5, 5.41) is 7.79. The Morgan fingerprint density at radius 1 is 1.50 bits per heavy atom. The SMILES string of the molecule is O=CCc1ccc2[nH]ncc2c1. The van der Waals surface area contributed by atoms with Crippen LogP contribution >= 0.6 is 0 Å². The lowest BCUT2D eigenvalue weighted by atomic mass is 10.1. The zero-order valence-electron chi connectivity index (χ0n) is 6.45. The smallest absolute Gasteiger partial charge is 0.124 e. The van der Waals surface area contributed by atoms with Crippen LogP contribution in [0, 0.1) is 0 Å². The number of aromatic nitrogens is 2. The maximum atomic E-state index is 10.2. The summed E-state index contributed by atoms with van der Waals surface area (Å²) in [7, 11) is 0. The average Bonchev–Trinajstić information content (AvgIpc) is 2.51. The standard InChI is InChI=1S/C9H8N2O/c12-4-3-7-1-2-9-8(5-7)6-10-11-9/h1-2,4-6H,3H2,(H,10,11). The Labute approximate surface area is 69.4 Å². The van der Waals surface area contributed by atoms with E-state index < -0.39 is 0 Å². The number of H-pyrrole nitrogens is 1. The topological polar surface area (TPSA) is 45.8 Å². The van der Waals surface area contributed by atoms with Gasteiger partial charge >= 0.3 is 0 Å². The van der Waals surface area contributed by atoms with E-state index in [1.807, 2.05) is 18.2 Å². The molecule has 3 nitrogen and oxygen atoms in total. The van der Waals surface area contributed by atoms with Gasteiger partial charge in [0.05, 0.1) is 11.7 Å². The zero-order chi connectivity index (χ0) is 8.39. The van der Waals surface area contributed by atoms with Crippen LogP contribution < -0.4 is 0 Å². The molecule has 0 unspecified atom stereocenters. The van der Waals surface area contributed by atoms with Crippen LogP contribution in [-0.2, 0) is 11.2 Å². The van der Waals surface area contributed by atoms with E-state index in [0.29, 0.717) is 6.42 Å². The number of aromatic amines is 1. The van der Waals surface area contributed by atoms with Crippen LogP contribution in [-0.4, -0.2) is 16.5 Å². The van der Waals surface area contributed by atoms with Gasteiger partial charge in [-0.15, -0.1) is 0 Å². The van der Waals surface area contributed by atoms with Gasteiger partial charge in [-0.25, -0.2) is 0 Å². The first-order valence-corrected chi connectivity index (χ1v) is 3.76. The third-order valence-corrected chi connectivity index (χ3v) is 1.82. The van der Waals surface area contributed by atoms with Gasteiger partial charge in [0, 0.05) is 11.8 Å². The highest BCUT2D eigenvalue weighted by Gasteiger charge is 1.96. The molecule has 1 aromatic carbocycles. The molecule has 0 fully saturated rings. The van der Waals surface area contributed by atoms with Crippen molar-refractivity contribution in [1.82, 2.24) is 10.2 Å². The molecule has 0 aliphatic rings. The minimum Gasteiger partial charge on any atom is -0.303 e. The molecular weight excluding hydrogens is 152 g/mol. The second-order valence-corrected chi connectivity index (χ2v) is 2.66. The van der Waals surface area contributed by atoms with Crippen molar-refractivity contribution in [2.45, 2.75) is 6.42 Å². The highest BCUT2D eigenvalue weighted by molar-refractivity contribution is 5.79. The molecule has 2 rings (SSSR count). The molecule has 60 valence electrons. The molecule has 0 aliphatic heterocycles. The van der Waals surface area contributed by atoms with Crippen LogP contribution in [0.1, 0.15) is 5.56 Å². The molecular formula is C9H8N2O. The minimum atomic E-state index is 0.473. The first-order chi connectivity index (χ1) is 5.90. The van der Waals surface area contributed by atoms with Gasteiger partial charge in [0.1, 0.15) is 6.29 Å². The molecule has 0 saturated carbocycles. The molecule has 1 heterocycles. The van der Waals surface area contributed by atoms with E-state index in [1.54, 1.807) is 6.20 Å². The fourth-order valence-corrected chi connectivity index (χ4v) is 1.22. The van der Waals surface area contributed by atoms with Crippen LogP contribution in [0.2, 0.25) is 0 Å². The quantitative estimate of drug-likeness (QED) is 0.673. The van der Waals surface area contributed by atoms with E-state index in [-0.39, 0.29) is 0 Å². The Hall–Kier alpha value is -1.64. The number of fused-ring (bicyclic) bond motifs is 1. The first-order valence-electron chi connectivity index (χ1n) is 3.76. The largest absolute Gasteiger partial charge is 0.303 e. The van der Waals surface area contributed by atoms with E-state index in [4.69, 9.17) is 0 Å². The van der Waals surface area contributed by atoms with Gasteiger partial charge in [0.25, 0.3) is 0 Å². The number of aldehydes is 1. The summed E-state index contributed by atoms with van der Waals surface area (Å²) in [5.41, 5.74) is 2.03. The summed E-state index contributed by atoms with van der Waals surface area (Å²) in [6.07, 6.45) is 3.13. The van der Waals surface area contributed by atoms with Crippen molar-refractivity contribution in [1.29, 1.82) is 0 Å². The number of nitrogens with one attached hydrogen (secondary N) is 1. The molecule has 1 N–H and O–H groups in total. The molecule has 0 atom stereocenters. The summed E-state index contributed by atoms with van der Waals surface area (Å²) in [6, 6.07) is 5.82. The van der Waals surface area contributed by atoms with Crippen LogP contribution in [0.15, 0.2) is 24.4 Å². The van der Waals surface area contributed by atoms with Gasteiger partial charge in [-0.2, -0.15) is 5.10 Å². The zero-order valence-corrected chi connectivity index (χ0v) is 6.45. The second-order valence-electron chi connectivity index (χ2n) is 2.66. The molecule has 12 heavy (non-hydrogen) atoms. The lowest BCUT2D eigenvalue weighted by Gasteiger charge is -1.93. The van der Waals surface area contributed by atoms with Gasteiger partial charge in [-0.3, -0.25) is 5.10 Å². The summed E-state index contributed by atoms with van der Waals surface area (Å²) in [5.74, 6) is 0. The van der Waals surface area contributed by atoms with Gasteiger partial charge in [-0.1, -0.05) is 6.07 Å². The average molecular weight is 160 g/mol. The molecule has 0 amide bonds. The van der Waals surface area contributed by atoms with Crippen LogP contribution in [0.25, 0.3) is 10.9 Å². The lowest BCUT2D eigenvalue weighted by molar-refractivity contribution is -0.107. The van der Waals surface area contributed by atoms with Crippen LogP contribution in [0.5, 0.6) is 0 Å². The molecule has 2 aromatic rings. The Morgan fingerprint density at radius 2 is 2.42 bits per heavy atom. The molecule has 3 heteroatoms. The fourth-order valence-electron chi connectivity index (χ4n) is 1.22. The van der Waals surface area contributed by atoms with E-state index in [0.717, 1.165) is 22.8 Å². The molecule has 1 aromatic heterocycles. The Bertz CT molecular complexity index is 406. The van der Waals surface area contributed by atoms with Crippen LogP contribution in [0.3, 0.4) is 0 Å². The van der Waals surface area contributed by atoms with E-state index in [9.17, 15) is 4.79 Å². The number of hydrogen-bond acceptors (Lipinski definition) is 2. The third-order valence-electron chi connectivity index (χ3n) is 1.82. The molecule has 0 radical (unpaired) electrons. The molecule has 0 aliphatic carbocycles. The van der Waals surface area contributed by atoms with Crippen molar-refractivity contribution in [2.24, 2.45) is 0 Å². The number of hydrogen-bond donors (Lipinski definition) is 1. The van der Waals surface area contributed by atoms with Gasteiger partial charge in [0.2, 0.25) is 0 Å². The van der Waals surface area contributed by atoms with Gasteiger partial charge in [-0.05, 0) is 17.7 Å². The Balaban J connectivity index is 2.52. The third kappa shape index (κ3) is 1.09. The lowest BCUT2D eigenvalue weighted by Crippen LogP contribution is -1.83.